The van der Waals surface area contributed by atoms with Gasteiger partial charge in [0.1, 0.15) is 0 Å². The van der Waals surface area contributed by atoms with Crippen LogP contribution in [0.2, 0.25) is 5.02 Å². The summed E-state index contributed by atoms with van der Waals surface area (Å²) in [4.78, 5) is 14.1. The van der Waals surface area contributed by atoms with Gasteiger partial charge in [-0.25, -0.2) is 0 Å². The van der Waals surface area contributed by atoms with Gasteiger partial charge in [0.25, 0.3) is 5.91 Å². The lowest BCUT2D eigenvalue weighted by atomic mass is 10.1. The zero-order valence-corrected chi connectivity index (χ0v) is 11.7. The third-order valence-corrected chi connectivity index (χ3v) is 3.83. The molecule has 0 saturated carbocycles. The van der Waals surface area contributed by atoms with Crippen molar-refractivity contribution in [1.29, 1.82) is 0 Å². The normalized spacial score (nSPS) is 20.4. The highest BCUT2D eigenvalue weighted by Crippen LogP contribution is 2.23. The van der Waals surface area contributed by atoms with Crippen LogP contribution in [-0.4, -0.2) is 29.9 Å². The Morgan fingerprint density at radius 2 is 2.29 bits per heavy atom. The predicted molar refractivity (Wildman–Crippen MR) is 72.3 cm³/mol. The van der Waals surface area contributed by atoms with Crippen LogP contribution in [0.4, 0.5) is 0 Å². The van der Waals surface area contributed by atoms with E-state index in [2.05, 4.69) is 15.9 Å². The highest BCUT2D eigenvalue weighted by molar-refractivity contribution is 9.10. The summed E-state index contributed by atoms with van der Waals surface area (Å²) < 4.78 is 0.769. The Bertz CT molecular complexity index is 439. The molecule has 1 atom stereocenters. The van der Waals surface area contributed by atoms with E-state index in [4.69, 9.17) is 17.3 Å². The van der Waals surface area contributed by atoms with Crippen molar-refractivity contribution >= 4 is 33.4 Å². The van der Waals surface area contributed by atoms with E-state index in [-0.39, 0.29) is 11.9 Å². The third-order valence-electron chi connectivity index (χ3n) is 2.90. The number of carbonyl (C=O) groups is 1. The van der Waals surface area contributed by atoms with E-state index in [1.807, 2.05) is 0 Å². The summed E-state index contributed by atoms with van der Waals surface area (Å²) in [5.41, 5.74) is 6.48. The minimum absolute atomic E-state index is 0.00507. The third kappa shape index (κ3) is 3.00. The zero-order chi connectivity index (χ0) is 12.4. The maximum absolute atomic E-state index is 12.3. The van der Waals surface area contributed by atoms with Crippen molar-refractivity contribution in [3.05, 3.63) is 33.3 Å². The Morgan fingerprint density at radius 3 is 3.00 bits per heavy atom. The Morgan fingerprint density at radius 1 is 1.53 bits per heavy atom. The Kier molecular flexibility index (Phi) is 4.07. The summed E-state index contributed by atoms with van der Waals surface area (Å²) in [6, 6.07) is 5.32. The molecular formula is C12H14BrClN2O. The van der Waals surface area contributed by atoms with Crippen LogP contribution in [0, 0.1) is 0 Å². The summed E-state index contributed by atoms with van der Waals surface area (Å²) in [6.45, 7) is 1.39. The van der Waals surface area contributed by atoms with E-state index in [9.17, 15) is 4.79 Å². The second-order valence-electron chi connectivity index (χ2n) is 4.28. The van der Waals surface area contributed by atoms with Crippen LogP contribution >= 0.6 is 27.5 Å². The Labute approximate surface area is 114 Å². The van der Waals surface area contributed by atoms with Gasteiger partial charge in [0.15, 0.2) is 0 Å². The number of rotatable bonds is 1. The number of benzene rings is 1. The molecule has 3 nitrogen and oxygen atoms in total. The number of hydrogen-bond donors (Lipinski definition) is 1. The fourth-order valence-electron chi connectivity index (χ4n) is 2.03. The van der Waals surface area contributed by atoms with Crippen LogP contribution in [0.1, 0.15) is 23.2 Å². The summed E-state index contributed by atoms with van der Waals surface area (Å²) >= 11 is 9.29. The maximum atomic E-state index is 12.3. The van der Waals surface area contributed by atoms with Gasteiger partial charge in [0.2, 0.25) is 0 Å². The molecule has 1 heterocycles. The molecule has 0 aliphatic carbocycles. The molecule has 1 aliphatic rings. The first kappa shape index (κ1) is 12.9. The Balaban J connectivity index is 2.21. The van der Waals surface area contributed by atoms with Crippen molar-refractivity contribution < 1.29 is 4.79 Å². The number of likely N-dealkylation sites (tertiary alicyclic amines) is 1. The van der Waals surface area contributed by atoms with E-state index in [1.165, 1.54) is 0 Å². The average Bonchev–Trinajstić information content (AvgIpc) is 2.31. The lowest BCUT2D eigenvalue weighted by molar-refractivity contribution is 0.0708. The van der Waals surface area contributed by atoms with Gasteiger partial charge in [-0.15, -0.1) is 0 Å². The van der Waals surface area contributed by atoms with Gasteiger partial charge >= 0.3 is 0 Å². The summed E-state index contributed by atoms with van der Waals surface area (Å²) in [5, 5.41) is 0.567. The topological polar surface area (TPSA) is 46.3 Å². The molecule has 17 heavy (non-hydrogen) atoms. The SMILES string of the molecule is NC1CCCN(C(=O)c2cc(Cl)ccc2Br)C1. The van der Waals surface area contributed by atoms with Crippen molar-refractivity contribution in [2.75, 3.05) is 13.1 Å². The molecule has 5 heteroatoms. The highest BCUT2D eigenvalue weighted by Gasteiger charge is 2.23. The highest BCUT2D eigenvalue weighted by atomic mass is 79.9. The number of carbonyl (C=O) groups excluding carboxylic acids is 1. The molecule has 0 aromatic heterocycles. The first-order chi connectivity index (χ1) is 8.08. The van der Waals surface area contributed by atoms with E-state index >= 15 is 0 Å². The van der Waals surface area contributed by atoms with Crippen molar-refractivity contribution in [3.63, 3.8) is 0 Å². The molecule has 1 aromatic carbocycles. The van der Waals surface area contributed by atoms with Gasteiger partial charge in [0.05, 0.1) is 5.56 Å². The molecule has 1 saturated heterocycles. The smallest absolute Gasteiger partial charge is 0.255 e. The molecular weight excluding hydrogens is 304 g/mol. The van der Waals surface area contributed by atoms with Crippen LogP contribution < -0.4 is 5.73 Å². The minimum Gasteiger partial charge on any atom is -0.337 e. The second kappa shape index (κ2) is 5.38. The number of piperidine rings is 1. The van der Waals surface area contributed by atoms with Crippen molar-refractivity contribution in [2.24, 2.45) is 5.73 Å². The molecule has 1 amide bonds. The van der Waals surface area contributed by atoms with Crippen LogP contribution in [-0.2, 0) is 0 Å². The number of hydrogen-bond acceptors (Lipinski definition) is 2. The van der Waals surface area contributed by atoms with Crippen LogP contribution in [0.5, 0.6) is 0 Å². The van der Waals surface area contributed by atoms with E-state index < -0.39 is 0 Å². The molecule has 1 unspecified atom stereocenters. The first-order valence-corrected chi connectivity index (χ1v) is 6.75. The number of amides is 1. The fraction of sp³-hybridized carbons (Fsp3) is 0.417. The van der Waals surface area contributed by atoms with E-state index in [0.29, 0.717) is 17.1 Å². The van der Waals surface area contributed by atoms with Gasteiger partial charge in [0, 0.05) is 28.6 Å². The van der Waals surface area contributed by atoms with E-state index in [0.717, 1.165) is 23.9 Å². The van der Waals surface area contributed by atoms with Gasteiger partial charge in [-0.05, 0) is 47.0 Å². The average molecular weight is 318 g/mol. The lowest BCUT2D eigenvalue weighted by Crippen LogP contribution is -2.45. The summed E-state index contributed by atoms with van der Waals surface area (Å²) in [7, 11) is 0. The van der Waals surface area contributed by atoms with Crippen LogP contribution in [0.25, 0.3) is 0 Å². The zero-order valence-electron chi connectivity index (χ0n) is 9.33. The quantitative estimate of drug-likeness (QED) is 0.865. The van der Waals surface area contributed by atoms with Gasteiger partial charge in [-0.1, -0.05) is 11.6 Å². The number of nitrogens with zero attached hydrogens (tertiary/aromatic N) is 1. The maximum Gasteiger partial charge on any atom is 0.255 e. The van der Waals surface area contributed by atoms with Gasteiger partial charge < -0.3 is 10.6 Å². The van der Waals surface area contributed by atoms with Crippen molar-refractivity contribution in [2.45, 2.75) is 18.9 Å². The minimum atomic E-state index is -0.00507. The molecule has 2 rings (SSSR count). The van der Waals surface area contributed by atoms with Crippen LogP contribution in [0.15, 0.2) is 22.7 Å². The molecule has 1 aromatic rings. The molecule has 0 spiro atoms. The standard InChI is InChI=1S/C12H14BrClN2O/c13-11-4-3-8(14)6-10(11)12(17)16-5-1-2-9(15)7-16/h3-4,6,9H,1-2,5,7,15H2. The fourth-order valence-corrected chi connectivity index (χ4v) is 2.61. The summed E-state index contributed by atoms with van der Waals surface area (Å²) in [5.74, 6) is -0.00507. The molecule has 0 bridgehead atoms. The van der Waals surface area contributed by atoms with Crippen molar-refractivity contribution in [1.82, 2.24) is 4.90 Å². The molecule has 0 radical (unpaired) electrons. The monoisotopic (exact) mass is 316 g/mol. The van der Waals surface area contributed by atoms with Crippen molar-refractivity contribution in [3.8, 4) is 0 Å². The summed E-state index contributed by atoms with van der Waals surface area (Å²) in [6.07, 6.45) is 1.95. The molecule has 92 valence electrons. The molecule has 2 N–H and O–H groups in total. The van der Waals surface area contributed by atoms with E-state index in [1.54, 1.807) is 23.1 Å². The second-order valence-corrected chi connectivity index (χ2v) is 5.57. The Hall–Kier alpha value is -0.580. The largest absolute Gasteiger partial charge is 0.337 e. The van der Waals surface area contributed by atoms with Crippen LogP contribution in [0.3, 0.4) is 0 Å². The van der Waals surface area contributed by atoms with Gasteiger partial charge in [-0.3, -0.25) is 4.79 Å². The lowest BCUT2D eigenvalue weighted by Gasteiger charge is -2.31. The number of nitrogens with two attached hydrogens (primary N) is 1. The molecule has 1 aliphatic heterocycles. The first-order valence-electron chi connectivity index (χ1n) is 5.58. The van der Waals surface area contributed by atoms with Gasteiger partial charge in [-0.2, -0.15) is 0 Å². The predicted octanol–water partition coefficient (Wildman–Crippen LogP) is 2.67. The number of halogens is 2. The molecule has 1 fully saturated rings.